The van der Waals surface area contributed by atoms with E-state index in [-0.39, 0.29) is 18.1 Å². The fourth-order valence-electron chi connectivity index (χ4n) is 3.30. The normalized spacial score (nSPS) is 18.6. The molecule has 0 bridgehead atoms. The van der Waals surface area contributed by atoms with E-state index in [1.54, 1.807) is 38.4 Å². The molecule has 2 aromatic carbocycles. The Labute approximate surface area is 179 Å². The van der Waals surface area contributed by atoms with Gasteiger partial charge < -0.3 is 19.7 Å². The fraction of sp³-hybridized carbons (Fsp3) is 0.227. The van der Waals surface area contributed by atoms with E-state index in [1.807, 2.05) is 12.1 Å². The summed E-state index contributed by atoms with van der Waals surface area (Å²) in [4.78, 5) is 27.0. The molecule has 1 fully saturated rings. The van der Waals surface area contributed by atoms with Crippen molar-refractivity contribution >= 4 is 35.3 Å². The Balaban J connectivity index is 2.04. The number of thiocarbonyl (C=S) groups is 1. The lowest BCUT2D eigenvalue weighted by Crippen LogP contribution is -2.46. The summed E-state index contributed by atoms with van der Waals surface area (Å²) in [5.74, 6) is -0.786. The lowest BCUT2D eigenvalue weighted by Gasteiger charge is -2.34. The first-order valence-electron chi connectivity index (χ1n) is 9.29. The number of ether oxygens (including phenoxy) is 2. The first-order chi connectivity index (χ1) is 14.4. The van der Waals surface area contributed by atoms with Gasteiger partial charge in [0.25, 0.3) is 5.91 Å². The molecular formula is C22H21FN2O4S. The third-order valence-electron chi connectivity index (χ3n) is 4.79. The van der Waals surface area contributed by atoms with E-state index < -0.39 is 23.2 Å². The lowest BCUT2D eigenvalue weighted by atomic mass is 9.85. The number of amides is 1. The molecule has 30 heavy (non-hydrogen) atoms. The van der Waals surface area contributed by atoms with Crippen LogP contribution in [0.2, 0.25) is 0 Å². The molecule has 0 radical (unpaired) electrons. The van der Waals surface area contributed by atoms with Gasteiger partial charge in [-0.2, -0.15) is 0 Å². The number of benzene rings is 2. The number of rotatable bonds is 7. The molecule has 1 saturated heterocycles. The molecule has 6 nitrogen and oxygen atoms in total. The summed E-state index contributed by atoms with van der Waals surface area (Å²) in [6, 6.07) is 12.7. The SMILES string of the molecule is CCOC(=O)CC1(c2ccc(F)cc2)C(=O)NC(=S)N1C=Cc1ccc(OC)cc1. The molecule has 0 saturated carbocycles. The van der Waals surface area contributed by atoms with Gasteiger partial charge >= 0.3 is 5.97 Å². The molecule has 1 amide bonds. The van der Waals surface area contributed by atoms with E-state index in [0.29, 0.717) is 11.3 Å². The van der Waals surface area contributed by atoms with E-state index in [1.165, 1.54) is 29.2 Å². The Morgan fingerprint density at radius 2 is 1.87 bits per heavy atom. The second-order valence-corrected chi connectivity index (χ2v) is 6.95. The van der Waals surface area contributed by atoms with Gasteiger partial charge in [-0.1, -0.05) is 24.3 Å². The summed E-state index contributed by atoms with van der Waals surface area (Å²) in [6.45, 7) is 1.86. The highest BCUT2D eigenvalue weighted by Crippen LogP contribution is 2.38. The highest BCUT2D eigenvalue weighted by atomic mass is 32.1. The number of hydrogen-bond donors (Lipinski definition) is 1. The number of nitrogens with zero attached hydrogens (tertiary/aromatic N) is 1. The molecule has 3 rings (SSSR count). The highest BCUT2D eigenvalue weighted by molar-refractivity contribution is 7.80. The van der Waals surface area contributed by atoms with Crippen LogP contribution in [-0.4, -0.2) is 35.6 Å². The molecule has 1 atom stereocenters. The second kappa shape index (κ2) is 9.04. The van der Waals surface area contributed by atoms with E-state index in [0.717, 1.165) is 5.56 Å². The Hall–Kier alpha value is -3.26. The van der Waals surface area contributed by atoms with Crippen LogP contribution in [0.4, 0.5) is 4.39 Å². The average molecular weight is 428 g/mol. The molecule has 0 spiro atoms. The highest BCUT2D eigenvalue weighted by Gasteiger charge is 2.53. The standard InChI is InChI=1S/C22H21FN2O4S/c1-3-29-19(26)14-22(16-6-8-17(23)9-7-16)20(27)24-21(30)25(22)13-12-15-4-10-18(28-2)11-5-15/h4-13H,3,14H2,1-2H3,(H,24,27,30). The zero-order valence-electron chi connectivity index (χ0n) is 16.6. The Morgan fingerprint density at radius 1 is 1.20 bits per heavy atom. The zero-order valence-corrected chi connectivity index (χ0v) is 17.4. The average Bonchev–Trinajstić information content (AvgIpc) is 2.97. The van der Waals surface area contributed by atoms with E-state index in [2.05, 4.69) is 5.32 Å². The van der Waals surface area contributed by atoms with Gasteiger partial charge in [0.05, 0.1) is 20.1 Å². The number of halogens is 1. The molecule has 1 aliphatic rings. The molecule has 1 unspecified atom stereocenters. The van der Waals surface area contributed by atoms with Crippen molar-refractivity contribution in [3.05, 3.63) is 71.7 Å². The Bertz CT molecular complexity index is 976. The van der Waals surface area contributed by atoms with Crippen LogP contribution in [0.1, 0.15) is 24.5 Å². The monoisotopic (exact) mass is 428 g/mol. The minimum absolute atomic E-state index is 0.137. The minimum Gasteiger partial charge on any atom is -0.497 e. The predicted octanol–water partition coefficient (Wildman–Crippen LogP) is 3.37. The topological polar surface area (TPSA) is 67.9 Å². The third-order valence-corrected chi connectivity index (χ3v) is 5.08. The zero-order chi connectivity index (χ0) is 21.7. The van der Waals surface area contributed by atoms with Gasteiger partial charge in [-0.3, -0.25) is 9.59 Å². The summed E-state index contributed by atoms with van der Waals surface area (Å²) in [5.41, 5.74) is -0.226. The molecule has 8 heteroatoms. The van der Waals surface area contributed by atoms with Crippen molar-refractivity contribution in [3.8, 4) is 5.75 Å². The van der Waals surface area contributed by atoms with Crippen LogP contribution >= 0.6 is 12.2 Å². The number of nitrogens with one attached hydrogen (secondary N) is 1. The maximum Gasteiger partial charge on any atom is 0.309 e. The maximum absolute atomic E-state index is 13.5. The molecule has 1 heterocycles. The summed E-state index contributed by atoms with van der Waals surface area (Å²) >= 11 is 5.36. The third kappa shape index (κ3) is 4.18. The van der Waals surface area contributed by atoms with E-state index >= 15 is 0 Å². The molecular weight excluding hydrogens is 407 g/mol. The van der Waals surface area contributed by atoms with Crippen LogP contribution in [0.15, 0.2) is 54.7 Å². The Morgan fingerprint density at radius 3 is 2.47 bits per heavy atom. The number of methoxy groups -OCH3 is 1. The van der Waals surface area contributed by atoms with Crippen molar-refractivity contribution in [1.29, 1.82) is 0 Å². The lowest BCUT2D eigenvalue weighted by molar-refractivity contribution is -0.148. The summed E-state index contributed by atoms with van der Waals surface area (Å²) in [6.07, 6.45) is 3.10. The second-order valence-electron chi connectivity index (χ2n) is 6.57. The van der Waals surface area contributed by atoms with Gasteiger partial charge in [0.1, 0.15) is 11.6 Å². The summed E-state index contributed by atoms with van der Waals surface area (Å²) in [7, 11) is 1.58. The quantitative estimate of drug-likeness (QED) is 0.539. The van der Waals surface area contributed by atoms with Gasteiger partial charge in [-0.25, -0.2) is 4.39 Å². The first kappa shape index (κ1) is 21.4. The van der Waals surface area contributed by atoms with Crippen LogP contribution in [-0.2, 0) is 19.9 Å². The summed E-state index contributed by atoms with van der Waals surface area (Å²) in [5, 5.41) is 2.76. The van der Waals surface area contributed by atoms with Crippen molar-refractivity contribution in [1.82, 2.24) is 10.2 Å². The van der Waals surface area contributed by atoms with Gasteiger partial charge in [-0.05, 0) is 60.6 Å². The molecule has 156 valence electrons. The van der Waals surface area contributed by atoms with Crippen LogP contribution < -0.4 is 10.1 Å². The number of carbonyl (C=O) groups is 2. The van der Waals surface area contributed by atoms with Crippen LogP contribution in [0, 0.1) is 5.82 Å². The first-order valence-corrected chi connectivity index (χ1v) is 9.70. The van der Waals surface area contributed by atoms with Gasteiger partial charge in [0, 0.05) is 6.20 Å². The van der Waals surface area contributed by atoms with E-state index in [4.69, 9.17) is 21.7 Å². The predicted molar refractivity (Wildman–Crippen MR) is 114 cm³/mol. The Kier molecular flexibility index (Phi) is 6.47. The van der Waals surface area contributed by atoms with E-state index in [9.17, 15) is 14.0 Å². The van der Waals surface area contributed by atoms with Gasteiger partial charge in [-0.15, -0.1) is 0 Å². The largest absolute Gasteiger partial charge is 0.497 e. The van der Waals surface area contributed by atoms with Gasteiger partial charge in [0.2, 0.25) is 0 Å². The fourth-order valence-corrected chi connectivity index (χ4v) is 3.61. The molecule has 2 aromatic rings. The molecule has 1 N–H and O–H groups in total. The molecule has 0 aliphatic carbocycles. The van der Waals surface area contributed by atoms with Crippen molar-refractivity contribution < 1.29 is 23.5 Å². The van der Waals surface area contributed by atoms with Crippen LogP contribution in [0.25, 0.3) is 6.08 Å². The summed E-state index contributed by atoms with van der Waals surface area (Å²) < 4.78 is 23.8. The molecule has 1 aliphatic heterocycles. The smallest absolute Gasteiger partial charge is 0.309 e. The number of hydrogen-bond acceptors (Lipinski definition) is 5. The molecule has 0 aromatic heterocycles. The van der Waals surface area contributed by atoms with Crippen molar-refractivity contribution in [2.24, 2.45) is 0 Å². The minimum atomic E-state index is -1.49. The maximum atomic E-state index is 13.5. The van der Waals surface area contributed by atoms with Crippen molar-refractivity contribution in [2.45, 2.75) is 18.9 Å². The van der Waals surface area contributed by atoms with Crippen LogP contribution in [0.3, 0.4) is 0 Å². The number of esters is 1. The van der Waals surface area contributed by atoms with Crippen LogP contribution in [0.5, 0.6) is 5.75 Å². The number of carbonyl (C=O) groups excluding carboxylic acids is 2. The van der Waals surface area contributed by atoms with Crippen molar-refractivity contribution in [2.75, 3.05) is 13.7 Å². The van der Waals surface area contributed by atoms with Gasteiger partial charge in [0.15, 0.2) is 10.7 Å². The van der Waals surface area contributed by atoms with Crippen molar-refractivity contribution in [3.63, 3.8) is 0 Å².